The Morgan fingerprint density at radius 2 is 2.15 bits per heavy atom. The molecule has 6 heteroatoms. The first-order valence-corrected chi connectivity index (χ1v) is 5.94. The lowest BCUT2D eigenvalue weighted by atomic mass is 10.0. The Labute approximate surface area is 114 Å². The minimum absolute atomic E-state index is 0.133. The van der Waals surface area contributed by atoms with E-state index >= 15 is 0 Å². The number of aromatic nitrogens is 2. The van der Waals surface area contributed by atoms with Gasteiger partial charge in [-0.05, 0) is 23.8 Å². The molecule has 0 atom stereocenters. The standard InChI is InChI=1S/C14H11N3O3/c1-15-13-12(14(18)19)9(4-5-16-13)8-2-3-10-11(6-8)20-7-17-10/h2-7H,1H3,(H,15,16)(H,18,19). The third-order valence-electron chi connectivity index (χ3n) is 3.04. The number of hydrogen-bond donors (Lipinski definition) is 2. The number of carboxylic acid groups (broad SMARTS) is 1. The van der Waals surface area contributed by atoms with Crippen LogP contribution < -0.4 is 5.32 Å². The van der Waals surface area contributed by atoms with Crippen molar-refractivity contribution in [1.29, 1.82) is 0 Å². The topological polar surface area (TPSA) is 88.3 Å². The summed E-state index contributed by atoms with van der Waals surface area (Å²) in [5.41, 5.74) is 2.80. The molecule has 0 saturated carbocycles. The smallest absolute Gasteiger partial charge is 0.340 e. The van der Waals surface area contributed by atoms with Gasteiger partial charge in [-0.15, -0.1) is 0 Å². The fourth-order valence-electron chi connectivity index (χ4n) is 2.13. The molecule has 0 amide bonds. The van der Waals surface area contributed by atoms with Gasteiger partial charge in [-0.2, -0.15) is 0 Å². The highest BCUT2D eigenvalue weighted by molar-refractivity contribution is 6.01. The Bertz CT molecular complexity index is 795. The number of rotatable bonds is 3. The van der Waals surface area contributed by atoms with Gasteiger partial charge in [-0.25, -0.2) is 14.8 Å². The molecule has 0 aliphatic heterocycles. The van der Waals surface area contributed by atoms with Crippen molar-refractivity contribution in [3.8, 4) is 11.1 Å². The van der Waals surface area contributed by atoms with Gasteiger partial charge in [0.05, 0.1) is 0 Å². The lowest BCUT2D eigenvalue weighted by Gasteiger charge is -2.10. The first-order valence-electron chi connectivity index (χ1n) is 5.94. The maximum atomic E-state index is 11.5. The highest BCUT2D eigenvalue weighted by Gasteiger charge is 2.17. The number of hydrogen-bond acceptors (Lipinski definition) is 5. The van der Waals surface area contributed by atoms with Crippen LogP contribution in [-0.4, -0.2) is 28.1 Å². The zero-order valence-electron chi connectivity index (χ0n) is 10.6. The lowest BCUT2D eigenvalue weighted by molar-refractivity contribution is 0.0698. The molecule has 6 nitrogen and oxygen atoms in total. The Kier molecular flexibility index (Phi) is 2.83. The molecule has 0 unspecified atom stereocenters. The van der Waals surface area contributed by atoms with Crippen LogP contribution in [0.4, 0.5) is 5.82 Å². The van der Waals surface area contributed by atoms with Crippen LogP contribution in [0.5, 0.6) is 0 Å². The van der Waals surface area contributed by atoms with E-state index in [9.17, 15) is 9.90 Å². The predicted molar refractivity (Wildman–Crippen MR) is 73.7 cm³/mol. The summed E-state index contributed by atoms with van der Waals surface area (Å²) in [5.74, 6) is -0.706. The zero-order chi connectivity index (χ0) is 14.1. The highest BCUT2D eigenvalue weighted by Crippen LogP contribution is 2.29. The maximum absolute atomic E-state index is 11.5. The molecule has 3 aromatic rings. The van der Waals surface area contributed by atoms with Gasteiger partial charge in [0.1, 0.15) is 16.9 Å². The van der Waals surface area contributed by atoms with E-state index in [-0.39, 0.29) is 5.56 Å². The van der Waals surface area contributed by atoms with E-state index in [1.54, 1.807) is 31.4 Å². The van der Waals surface area contributed by atoms with Gasteiger partial charge in [0, 0.05) is 18.8 Å². The molecule has 2 aromatic heterocycles. The van der Waals surface area contributed by atoms with Gasteiger partial charge in [0.2, 0.25) is 0 Å². The summed E-state index contributed by atoms with van der Waals surface area (Å²) in [6.07, 6.45) is 2.93. The van der Waals surface area contributed by atoms with E-state index in [0.29, 0.717) is 17.0 Å². The minimum atomic E-state index is -1.03. The fraction of sp³-hybridized carbons (Fsp3) is 0.0714. The zero-order valence-corrected chi connectivity index (χ0v) is 10.6. The monoisotopic (exact) mass is 269 g/mol. The average Bonchev–Trinajstić information content (AvgIpc) is 2.93. The van der Waals surface area contributed by atoms with Crippen molar-refractivity contribution in [2.24, 2.45) is 0 Å². The highest BCUT2D eigenvalue weighted by atomic mass is 16.4. The Hall–Kier alpha value is -2.89. The van der Waals surface area contributed by atoms with Crippen molar-refractivity contribution >= 4 is 22.9 Å². The SMILES string of the molecule is CNc1nccc(-c2ccc3ncoc3c2)c1C(=O)O. The Morgan fingerprint density at radius 3 is 2.90 bits per heavy atom. The summed E-state index contributed by atoms with van der Waals surface area (Å²) in [6, 6.07) is 7.04. The van der Waals surface area contributed by atoms with Crippen LogP contribution in [0.2, 0.25) is 0 Å². The first kappa shape index (κ1) is 12.2. The number of nitrogens with zero attached hydrogens (tertiary/aromatic N) is 2. The summed E-state index contributed by atoms with van der Waals surface area (Å²) in [7, 11) is 1.64. The van der Waals surface area contributed by atoms with Crippen LogP contribution in [0.15, 0.2) is 41.3 Å². The molecule has 0 bridgehead atoms. The quantitative estimate of drug-likeness (QED) is 0.759. The molecular formula is C14H11N3O3. The Morgan fingerprint density at radius 1 is 1.30 bits per heavy atom. The normalized spacial score (nSPS) is 10.7. The van der Waals surface area contributed by atoms with Crippen LogP contribution in [0.1, 0.15) is 10.4 Å². The number of carbonyl (C=O) groups is 1. The molecule has 2 heterocycles. The average molecular weight is 269 g/mol. The van der Waals surface area contributed by atoms with Crippen LogP contribution in [0.25, 0.3) is 22.2 Å². The molecule has 0 saturated heterocycles. The van der Waals surface area contributed by atoms with Crippen molar-refractivity contribution < 1.29 is 14.3 Å². The molecule has 0 fully saturated rings. The lowest BCUT2D eigenvalue weighted by Crippen LogP contribution is -2.06. The first-order chi connectivity index (χ1) is 9.70. The van der Waals surface area contributed by atoms with Gasteiger partial charge < -0.3 is 14.8 Å². The summed E-state index contributed by atoms with van der Waals surface area (Å²) in [6.45, 7) is 0. The summed E-state index contributed by atoms with van der Waals surface area (Å²) in [5, 5.41) is 12.2. The Balaban J connectivity index is 2.24. The molecule has 3 rings (SSSR count). The van der Waals surface area contributed by atoms with E-state index < -0.39 is 5.97 Å². The second kappa shape index (κ2) is 4.65. The number of pyridine rings is 1. The molecule has 2 N–H and O–H groups in total. The number of oxazole rings is 1. The van der Waals surface area contributed by atoms with Gasteiger partial charge in [0.25, 0.3) is 0 Å². The molecular weight excluding hydrogens is 258 g/mol. The number of anilines is 1. The van der Waals surface area contributed by atoms with Crippen LogP contribution in [0, 0.1) is 0 Å². The van der Waals surface area contributed by atoms with Crippen LogP contribution in [-0.2, 0) is 0 Å². The maximum Gasteiger partial charge on any atom is 0.340 e. The van der Waals surface area contributed by atoms with Crippen molar-refractivity contribution in [3.05, 3.63) is 42.4 Å². The minimum Gasteiger partial charge on any atom is -0.478 e. The van der Waals surface area contributed by atoms with Crippen LogP contribution >= 0.6 is 0 Å². The molecule has 20 heavy (non-hydrogen) atoms. The van der Waals surface area contributed by atoms with Gasteiger partial charge in [-0.1, -0.05) is 6.07 Å². The van der Waals surface area contributed by atoms with Gasteiger partial charge in [-0.3, -0.25) is 0 Å². The molecule has 0 aliphatic carbocycles. The third-order valence-corrected chi connectivity index (χ3v) is 3.04. The fourth-order valence-corrected chi connectivity index (χ4v) is 2.13. The van der Waals surface area contributed by atoms with Gasteiger partial charge in [0.15, 0.2) is 12.0 Å². The van der Waals surface area contributed by atoms with E-state index in [1.165, 1.54) is 6.39 Å². The summed E-state index contributed by atoms with van der Waals surface area (Å²) in [4.78, 5) is 19.5. The number of aromatic carboxylic acids is 1. The summed E-state index contributed by atoms with van der Waals surface area (Å²) >= 11 is 0. The van der Waals surface area contributed by atoms with Crippen molar-refractivity contribution in [2.75, 3.05) is 12.4 Å². The van der Waals surface area contributed by atoms with Crippen molar-refractivity contribution in [1.82, 2.24) is 9.97 Å². The summed E-state index contributed by atoms with van der Waals surface area (Å²) < 4.78 is 5.25. The molecule has 0 spiro atoms. The molecule has 0 radical (unpaired) electrons. The van der Waals surface area contributed by atoms with Crippen LogP contribution in [0.3, 0.4) is 0 Å². The second-order valence-corrected chi connectivity index (χ2v) is 4.17. The van der Waals surface area contributed by atoms with Crippen molar-refractivity contribution in [2.45, 2.75) is 0 Å². The van der Waals surface area contributed by atoms with E-state index in [0.717, 1.165) is 11.1 Å². The molecule has 100 valence electrons. The molecule has 0 aliphatic rings. The number of benzene rings is 1. The predicted octanol–water partition coefficient (Wildman–Crippen LogP) is 2.63. The van der Waals surface area contributed by atoms with E-state index in [4.69, 9.17) is 4.42 Å². The number of nitrogens with one attached hydrogen (secondary N) is 1. The van der Waals surface area contributed by atoms with E-state index in [2.05, 4.69) is 15.3 Å². The number of carboxylic acids is 1. The number of fused-ring (bicyclic) bond motifs is 1. The van der Waals surface area contributed by atoms with Crippen molar-refractivity contribution in [3.63, 3.8) is 0 Å². The third kappa shape index (κ3) is 1.87. The van der Waals surface area contributed by atoms with Gasteiger partial charge >= 0.3 is 5.97 Å². The molecule has 1 aromatic carbocycles. The van der Waals surface area contributed by atoms with E-state index in [1.807, 2.05) is 6.07 Å². The largest absolute Gasteiger partial charge is 0.478 e. The second-order valence-electron chi connectivity index (χ2n) is 4.17.